The fourth-order valence-corrected chi connectivity index (χ4v) is 3.23. The lowest BCUT2D eigenvalue weighted by Crippen LogP contribution is -2.44. The number of rotatable bonds is 2. The number of allylic oxidation sites excluding steroid dienone is 2. The van der Waals surface area contributed by atoms with Crippen LogP contribution < -0.4 is 5.32 Å². The molecular formula is C18H21NO3. The van der Waals surface area contributed by atoms with Gasteiger partial charge < -0.3 is 4.42 Å². The van der Waals surface area contributed by atoms with E-state index in [1.807, 2.05) is 19.1 Å². The van der Waals surface area contributed by atoms with Crippen LogP contribution in [0.2, 0.25) is 0 Å². The Morgan fingerprint density at radius 2 is 2.00 bits per heavy atom. The standard InChI is InChI=1S/C18H21NO3/c1-2-18(11-7-10-16(20)19-17(18)21)15-12-13-8-5-3-4-6-9-14(13)22-15/h5-6,8-9,12H,2-4,7,10-11H2,1H3,(H,19,20,21)/b8-5?,9-6-/t18-/m0/s1. The molecule has 0 spiro atoms. The van der Waals surface area contributed by atoms with Gasteiger partial charge in [0.15, 0.2) is 0 Å². The van der Waals surface area contributed by atoms with E-state index in [4.69, 9.17) is 4.42 Å². The summed E-state index contributed by atoms with van der Waals surface area (Å²) in [6.45, 7) is 1.97. The molecule has 4 nitrogen and oxygen atoms in total. The molecule has 0 radical (unpaired) electrons. The zero-order chi connectivity index (χ0) is 15.6. The fourth-order valence-electron chi connectivity index (χ4n) is 3.23. The number of nitrogens with one attached hydrogen (secondary N) is 1. The molecule has 1 atom stereocenters. The SMILES string of the molecule is CC[C@@]1(c2cc3c(o2)/C=C\CCC=C3)CCCC(=O)NC1=O. The minimum absolute atomic E-state index is 0.190. The van der Waals surface area contributed by atoms with Gasteiger partial charge in [0.25, 0.3) is 0 Å². The molecular weight excluding hydrogens is 278 g/mol. The van der Waals surface area contributed by atoms with Crippen LogP contribution in [0.1, 0.15) is 62.5 Å². The number of imide groups is 1. The van der Waals surface area contributed by atoms with Crippen molar-refractivity contribution >= 4 is 24.0 Å². The van der Waals surface area contributed by atoms with Gasteiger partial charge in [0, 0.05) is 12.0 Å². The van der Waals surface area contributed by atoms with Crippen LogP contribution in [0, 0.1) is 0 Å². The lowest BCUT2D eigenvalue weighted by molar-refractivity contribution is -0.133. The summed E-state index contributed by atoms with van der Waals surface area (Å²) in [5.41, 5.74) is 0.261. The van der Waals surface area contributed by atoms with Crippen molar-refractivity contribution in [2.75, 3.05) is 0 Å². The lowest BCUT2D eigenvalue weighted by Gasteiger charge is -2.26. The molecule has 4 heteroatoms. The number of hydrogen-bond acceptors (Lipinski definition) is 3. The van der Waals surface area contributed by atoms with Crippen LogP contribution in [0.4, 0.5) is 0 Å². The van der Waals surface area contributed by atoms with E-state index in [9.17, 15) is 9.59 Å². The molecule has 1 aromatic rings. The van der Waals surface area contributed by atoms with Gasteiger partial charge in [-0.2, -0.15) is 0 Å². The number of carbonyl (C=O) groups is 2. The summed E-state index contributed by atoms with van der Waals surface area (Å²) in [4.78, 5) is 24.2. The Labute approximate surface area is 130 Å². The number of furan rings is 1. The summed E-state index contributed by atoms with van der Waals surface area (Å²) in [7, 11) is 0. The summed E-state index contributed by atoms with van der Waals surface area (Å²) < 4.78 is 6.03. The molecule has 116 valence electrons. The summed E-state index contributed by atoms with van der Waals surface area (Å²) in [6, 6.07) is 1.96. The average molecular weight is 299 g/mol. The second-order valence-corrected chi connectivity index (χ2v) is 5.98. The van der Waals surface area contributed by atoms with E-state index in [1.54, 1.807) is 0 Å². The Balaban J connectivity index is 2.05. The van der Waals surface area contributed by atoms with Crippen molar-refractivity contribution < 1.29 is 14.0 Å². The lowest BCUT2D eigenvalue weighted by atomic mass is 9.77. The second kappa shape index (κ2) is 5.95. The van der Waals surface area contributed by atoms with Gasteiger partial charge in [-0.05, 0) is 44.2 Å². The Morgan fingerprint density at radius 1 is 1.23 bits per heavy atom. The predicted octanol–water partition coefficient (Wildman–Crippen LogP) is 3.57. The van der Waals surface area contributed by atoms with Crippen LogP contribution in [0.25, 0.3) is 12.2 Å². The van der Waals surface area contributed by atoms with Crippen molar-refractivity contribution in [2.24, 2.45) is 0 Å². The van der Waals surface area contributed by atoms with E-state index >= 15 is 0 Å². The van der Waals surface area contributed by atoms with Crippen LogP contribution in [-0.2, 0) is 15.0 Å². The zero-order valence-electron chi connectivity index (χ0n) is 12.9. The molecule has 0 aromatic carbocycles. The average Bonchev–Trinajstić information content (AvgIpc) is 2.79. The second-order valence-electron chi connectivity index (χ2n) is 5.98. The number of hydrogen-bond donors (Lipinski definition) is 1. The summed E-state index contributed by atoms with van der Waals surface area (Å²) in [6.07, 6.45) is 12.6. The van der Waals surface area contributed by atoms with Gasteiger partial charge in [-0.1, -0.05) is 25.2 Å². The van der Waals surface area contributed by atoms with Crippen molar-refractivity contribution in [3.05, 3.63) is 35.3 Å². The normalized spacial score (nSPS) is 26.6. The van der Waals surface area contributed by atoms with E-state index in [-0.39, 0.29) is 11.8 Å². The molecule has 2 amide bonds. The van der Waals surface area contributed by atoms with Crippen LogP contribution >= 0.6 is 0 Å². The Hall–Kier alpha value is -2.10. The molecule has 1 aromatic heterocycles. The monoisotopic (exact) mass is 299 g/mol. The third-order valence-electron chi connectivity index (χ3n) is 4.63. The summed E-state index contributed by atoms with van der Waals surface area (Å²) in [5.74, 6) is 1.04. The minimum atomic E-state index is -0.741. The molecule has 1 aliphatic carbocycles. The van der Waals surface area contributed by atoms with Gasteiger partial charge in [-0.25, -0.2) is 0 Å². The Kier molecular flexibility index (Phi) is 4.01. The molecule has 2 aliphatic rings. The number of fused-ring (bicyclic) bond motifs is 1. The molecule has 1 N–H and O–H groups in total. The Bertz CT molecular complexity index is 622. The molecule has 0 unspecified atom stereocenters. The predicted molar refractivity (Wildman–Crippen MR) is 85.0 cm³/mol. The zero-order valence-corrected chi connectivity index (χ0v) is 12.9. The highest BCUT2D eigenvalue weighted by Gasteiger charge is 2.43. The van der Waals surface area contributed by atoms with Crippen molar-refractivity contribution in [1.29, 1.82) is 0 Å². The highest BCUT2D eigenvalue weighted by molar-refractivity contribution is 6.01. The first kappa shape index (κ1) is 14.8. The van der Waals surface area contributed by atoms with E-state index in [2.05, 4.69) is 23.5 Å². The van der Waals surface area contributed by atoms with Crippen LogP contribution in [0.15, 0.2) is 22.6 Å². The van der Waals surface area contributed by atoms with Crippen molar-refractivity contribution in [2.45, 2.75) is 50.9 Å². The maximum absolute atomic E-state index is 12.6. The smallest absolute Gasteiger partial charge is 0.240 e. The van der Waals surface area contributed by atoms with Gasteiger partial charge in [0.2, 0.25) is 11.8 Å². The first-order valence-electron chi connectivity index (χ1n) is 7.97. The minimum Gasteiger partial charge on any atom is -0.460 e. The van der Waals surface area contributed by atoms with Gasteiger partial charge in [0.1, 0.15) is 16.9 Å². The van der Waals surface area contributed by atoms with Crippen LogP contribution in [0.5, 0.6) is 0 Å². The molecule has 0 bridgehead atoms. The molecule has 1 aliphatic heterocycles. The third kappa shape index (κ3) is 2.54. The molecule has 0 saturated carbocycles. The quantitative estimate of drug-likeness (QED) is 0.849. The van der Waals surface area contributed by atoms with E-state index < -0.39 is 5.41 Å². The summed E-state index contributed by atoms with van der Waals surface area (Å²) in [5, 5.41) is 2.51. The number of carbonyl (C=O) groups excluding carboxylic acids is 2. The van der Waals surface area contributed by atoms with E-state index in [0.717, 1.165) is 24.2 Å². The number of amides is 2. The van der Waals surface area contributed by atoms with Gasteiger partial charge >= 0.3 is 0 Å². The summed E-state index contributed by atoms with van der Waals surface area (Å²) >= 11 is 0. The van der Waals surface area contributed by atoms with E-state index in [1.165, 1.54) is 0 Å². The van der Waals surface area contributed by atoms with Gasteiger partial charge in [-0.3, -0.25) is 14.9 Å². The van der Waals surface area contributed by atoms with Crippen molar-refractivity contribution in [3.63, 3.8) is 0 Å². The topological polar surface area (TPSA) is 59.3 Å². The van der Waals surface area contributed by atoms with Gasteiger partial charge in [-0.15, -0.1) is 0 Å². The molecule has 22 heavy (non-hydrogen) atoms. The van der Waals surface area contributed by atoms with Gasteiger partial charge in [0.05, 0.1) is 0 Å². The highest BCUT2D eigenvalue weighted by atomic mass is 16.3. The first-order chi connectivity index (χ1) is 10.7. The Morgan fingerprint density at radius 3 is 2.77 bits per heavy atom. The molecule has 1 fully saturated rings. The van der Waals surface area contributed by atoms with Crippen LogP contribution in [0.3, 0.4) is 0 Å². The van der Waals surface area contributed by atoms with Crippen molar-refractivity contribution in [1.82, 2.24) is 5.32 Å². The maximum atomic E-state index is 12.6. The van der Waals surface area contributed by atoms with E-state index in [0.29, 0.717) is 31.4 Å². The molecule has 1 saturated heterocycles. The molecule has 3 rings (SSSR count). The fraction of sp³-hybridized carbons (Fsp3) is 0.444. The van der Waals surface area contributed by atoms with Crippen molar-refractivity contribution in [3.8, 4) is 0 Å². The molecule has 2 heterocycles. The first-order valence-corrected chi connectivity index (χ1v) is 7.97. The third-order valence-corrected chi connectivity index (χ3v) is 4.63. The highest BCUT2D eigenvalue weighted by Crippen LogP contribution is 2.38. The largest absolute Gasteiger partial charge is 0.460 e. The van der Waals surface area contributed by atoms with Crippen LogP contribution in [-0.4, -0.2) is 11.8 Å². The maximum Gasteiger partial charge on any atom is 0.240 e.